The standard InChI is InChI=1S/C26H23F3N4O4/c1-36-21-12-5-17(13-22(21)37-2)14-23-30-24(15-16-3-6-18(7-4-16)25(34)32-35)33(31-23)20-10-8-19(9-11-20)26(27,28)29/h3-13,35H,14-15H2,1-2H3,(H,32,34). The normalized spacial score (nSPS) is 11.3. The predicted molar refractivity (Wildman–Crippen MR) is 127 cm³/mol. The molecule has 0 spiro atoms. The van der Waals surface area contributed by atoms with Crippen molar-refractivity contribution in [2.45, 2.75) is 19.0 Å². The minimum Gasteiger partial charge on any atom is -0.493 e. The lowest BCUT2D eigenvalue weighted by Crippen LogP contribution is -2.18. The fraction of sp³-hybridized carbons (Fsp3) is 0.192. The maximum absolute atomic E-state index is 13.1. The Morgan fingerprint density at radius 2 is 1.57 bits per heavy atom. The van der Waals surface area contributed by atoms with E-state index in [2.05, 4.69) is 10.1 Å². The third-order valence-electron chi connectivity index (χ3n) is 5.65. The Morgan fingerprint density at radius 3 is 2.16 bits per heavy atom. The molecule has 192 valence electrons. The van der Waals surface area contributed by atoms with Crippen molar-refractivity contribution in [3.05, 3.63) is 101 Å². The Bertz CT molecular complexity index is 1380. The summed E-state index contributed by atoms with van der Waals surface area (Å²) in [5.74, 6) is 1.44. The number of benzene rings is 3. The van der Waals surface area contributed by atoms with E-state index in [1.807, 2.05) is 12.1 Å². The van der Waals surface area contributed by atoms with Crippen LogP contribution < -0.4 is 15.0 Å². The Balaban J connectivity index is 1.68. The molecule has 0 saturated heterocycles. The van der Waals surface area contributed by atoms with Gasteiger partial charge < -0.3 is 9.47 Å². The van der Waals surface area contributed by atoms with E-state index in [1.165, 1.54) is 23.9 Å². The molecule has 0 fully saturated rings. The van der Waals surface area contributed by atoms with Crippen LogP contribution in [-0.4, -0.2) is 40.1 Å². The molecular weight excluding hydrogens is 489 g/mol. The zero-order chi connectivity index (χ0) is 26.6. The minimum absolute atomic E-state index is 0.268. The number of halogens is 3. The van der Waals surface area contributed by atoms with Crippen LogP contribution in [0.15, 0.2) is 66.7 Å². The lowest BCUT2D eigenvalue weighted by molar-refractivity contribution is -0.137. The van der Waals surface area contributed by atoms with Gasteiger partial charge >= 0.3 is 6.18 Å². The molecule has 0 saturated carbocycles. The lowest BCUT2D eigenvalue weighted by Gasteiger charge is -2.09. The fourth-order valence-corrected chi connectivity index (χ4v) is 3.77. The van der Waals surface area contributed by atoms with Gasteiger partial charge in [-0.25, -0.2) is 15.1 Å². The molecule has 0 aliphatic carbocycles. The van der Waals surface area contributed by atoms with E-state index in [4.69, 9.17) is 14.7 Å². The molecule has 2 N–H and O–H groups in total. The van der Waals surface area contributed by atoms with Gasteiger partial charge in [0, 0.05) is 18.4 Å². The molecule has 0 bridgehead atoms. The van der Waals surface area contributed by atoms with E-state index in [0.717, 1.165) is 23.3 Å². The van der Waals surface area contributed by atoms with Crippen LogP contribution in [0.3, 0.4) is 0 Å². The van der Waals surface area contributed by atoms with Crippen LogP contribution in [0.5, 0.6) is 11.5 Å². The van der Waals surface area contributed by atoms with Gasteiger partial charge in [0.15, 0.2) is 17.3 Å². The highest BCUT2D eigenvalue weighted by Crippen LogP contribution is 2.30. The molecule has 1 heterocycles. The molecule has 8 nitrogen and oxygen atoms in total. The number of ether oxygens (including phenoxy) is 2. The number of aromatic nitrogens is 3. The third kappa shape index (κ3) is 5.89. The lowest BCUT2D eigenvalue weighted by atomic mass is 10.1. The first-order valence-electron chi connectivity index (χ1n) is 11.1. The summed E-state index contributed by atoms with van der Waals surface area (Å²) in [6, 6.07) is 16.6. The number of carbonyl (C=O) groups is 1. The van der Waals surface area contributed by atoms with Gasteiger partial charge in [-0.05, 0) is 59.7 Å². The molecule has 0 atom stereocenters. The maximum atomic E-state index is 13.1. The molecule has 1 aromatic heterocycles. The second-order valence-corrected chi connectivity index (χ2v) is 8.08. The van der Waals surface area contributed by atoms with Gasteiger partial charge in [0.1, 0.15) is 5.82 Å². The SMILES string of the molecule is COc1ccc(Cc2nc(Cc3ccc(C(=O)NO)cc3)n(-c3ccc(C(F)(F)F)cc3)n2)cc1OC. The monoisotopic (exact) mass is 512 g/mol. The van der Waals surface area contributed by atoms with Crippen molar-refractivity contribution < 1.29 is 32.6 Å². The summed E-state index contributed by atoms with van der Waals surface area (Å²) in [5.41, 5.74) is 3.14. The molecular formula is C26H23F3N4O4. The number of hydrogen-bond donors (Lipinski definition) is 2. The van der Waals surface area contributed by atoms with Gasteiger partial charge in [-0.1, -0.05) is 18.2 Å². The first-order valence-corrected chi connectivity index (χ1v) is 11.1. The average molecular weight is 512 g/mol. The molecule has 0 unspecified atom stereocenters. The van der Waals surface area contributed by atoms with Crippen molar-refractivity contribution in [2.24, 2.45) is 0 Å². The highest BCUT2D eigenvalue weighted by Gasteiger charge is 2.30. The Labute approximate surface area is 210 Å². The number of nitrogens with zero attached hydrogens (tertiary/aromatic N) is 3. The van der Waals surface area contributed by atoms with Crippen LogP contribution in [0.2, 0.25) is 0 Å². The Hall–Kier alpha value is -4.38. The van der Waals surface area contributed by atoms with Crippen molar-refractivity contribution in [3.63, 3.8) is 0 Å². The van der Waals surface area contributed by atoms with Gasteiger partial charge in [-0.15, -0.1) is 0 Å². The first-order chi connectivity index (χ1) is 17.7. The number of rotatable bonds is 8. The molecule has 0 aliphatic heterocycles. The van der Waals surface area contributed by atoms with Crippen molar-refractivity contribution in [1.82, 2.24) is 20.2 Å². The number of alkyl halides is 3. The van der Waals surface area contributed by atoms with Crippen LogP contribution >= 0.6 is 0 Å². The van der Waals surface area contributed by atoms with Crippen LogP contribution in [0.1, 0.15) is 38.7 Å². The van der Waals surface area contributed by atoms with Crippen molar-refractivity contribution in [3.8, 4) is 17.2 Å². The van der Waals surface area contributed by atoms with E-state index in [1.54, 1.807) is 42.9 Å². The van der Waals surface area contributed by atoms with E-state index in [0.29, 0.717) is 41.7 Å². The zero-order valence-electron chi connectivity index (χ0n) is 19.9. The second-order valence-electron chi connectivity index (χ2n) is 8.08. The van der Waals surface area contributed by atoms with E-state index in [-0.39, 0.29) is 5.56 Å². The van der Waals surface area contributed by atoms with Crippen LogP contribution in [0.4, 0.5) is 13.2 Å². The predicted octanol–water partition coefficient (Wildman–Crippen LogP) is 4.60. The molecule has 0 aliphatic rings. The molecule has 1 amide bonds. The molecule has 11 heteroatoms. The highest BCUT2D eigenvalue weighted by molar-refractivity contribution is 5.93. The Morgan fingerprint density at radius 1 is 0.919 bits per heavy atom. The molecule has 4 aromatic rings. The van der Waals surface area contributed by atoms with E-state index in [9.17, 15) is 18.0 Å². The van der Waals surface area contributed by atoms with Gasteiger partial charge in [0.05, 0.1) is 25.5 Å². The van der Waals surface area contributed by atoms with Crippen LogP contribution in [0.25, 0.3) is 5.69 Å². The zero-order valence-corrected chi connectivity index (χ0v) is 19.9. The smallest absolute Gasteiger partial charge is 0.416 e. The molecule has 3 aromatic carbocycles. The van der Waals surface area contributed by atoms with Gasteiger partial charge in [-0.3, -0.25) is 10.0 Å². The second kappa shape index (κ2) is 10.7. The average Bonchev–Trinajstić information content (AvgIpc) is 3.29. The number of amides is 1. The van der Waals surface area contributed by atoms with E-state index < -0.39 is 17.6 Å². The maximum Gasteiger partial charge on any atom is 0.416 e. The quantitative estimate of drug-likeness (QED) is 0.265. The number of carbonyl (C=O) groups excluding carboxylic acids is 1. The summed E-state index contributed by atoms with van der Waals surface area (Å²) >= 11 is 0. The summed E-state index contributed by atoms with van der Waals surface area (Å²) in [6.07, 6.45) is -3.82. The molecule has 0 radical (unpaired) electrons. The van der Waals surface area contributed by atoms with Gasteiger partial charge in [0.2, 0.25) is 0 Å². The van der Waals surface area contributed by atoms with Crippen LogP contribution in [0, 0.1) is 0 Å². The summed E-state index contributed by atoms with van der Waals surface area (Å²) in [4.78, 5) is 16.3. The molecule has 37 heavy (non-hydrogen) atoms. The Kier molecular flexibility index (Phi) is 7.44. The largest absolute Gasteiger partial charge is 0.493 e. The van der Waals surface area contributed by atoms with Gasteiger partial charge in [-0.2, -0.15) is 18.3 Å². The highest BCUT2D eigenvalue weighted by atomic mass is 19.4. The van der Waals surface area contributed by atoms with Crippen molar-refractivity contribution >= 4 is 5.91 Å². The van der Waals surface area contributed by atoms with Crippen molar-refractivity contribution in [2.75, 3.05) is 14.2 Å². The summed E-state index contributed by atoms with van der Waals surface area (Å²) < 4.78 is 51.3. The summed E-state index contributed by atoms with van der Waals surface area (Å²) in [7, 11) is 3.08. The number of nitrogens with one attached hydrogen (secondary N) is 1. The summed E-state index contributed by atoms with van der Waals surface area (Å²) in [6.45, 7) is 0. The first kappa shape index (κ1) is 25.7. The number of hydrogen-bond acceptors (Lipinski definition) is 6. The summed E-state index contributed by atoms with van der Waals surface area (Å²) in [5, 5.41) is 13.4. The number of hydroxylamine groups is 1. The van der Waals surface area contributed by atoms with Crippen LogP contribution in [-0.2, 0) is 19.0 Å². The van der Waals surface area contributed by atoms with Crippen molar-refractivity contribution in [1.29, 1.82) is 0 Å². The third-order valence-corrected chi connectivity index (χ3v) is 5.65. The minimum atomic E-state index is -4.45. The fourth-order valence-electron chi connectivity index (χ4n) is 3.77. The topological polar surface area (TPSA) is 98.5 Å². The molecule has 4 rings (SSSR count). The van der Waals surface area contributed by atoms with E-state index >= 15 is 0 Å². The van der Waals surface area contributed by atoms with Gasteiger partial charge in [0.25, 0.3) is 5.91 Å². The number of methoxy groups -OCH3 is 2.